The summed E-state index contributed by atoms with van der Waals surface area (Å²) in [6.07, 6.45) is 0. The fourth-order valence-electron chi connectivity index (χ4n) is 0.181. The molecular weight excluding hydrogens is 171 g/mol. The van der Waals surface area contributed by atoms with Gasteiger partial charge in [0, 0.05) is 0 Å². The van der Waals surface area contributed by atoms with Crippen molar-refractivity contribution in [3.8, 4) is 0 Å². The predicted octanol–water partition coefficient (Wildman–Crippen LogP) is 0.467. The molecular formula is C2H3N2NaS3. The predicted molar refractivity (Wildman–Crippen MR) is 41.6 cm³/mol. The molecule has 1 aromatic heterocycles. The minimum absolute atomic E-state index is 0. The normalized spacial score (nSPS) is 8.25. The number of aromatic nitrogens is 2. The number of thiol groups is 2. The van der Waals surface area contributed by atoms with Gasteiger partial charge in [0.2, 0.25) is 0 Å². The van der Waals surface area contributed by atoms with Crippen LogP contribution in [-0.2, 0) is 0 Å². The molecule has 6 heteroatoms. The number of hydrogen-bond donors (Lipinski definition) is 2. The first-order valence-corrected chi connectivity index (χ1v) is 3.18. The summed E-state index contributed by atoms with van der Waals surface area (Å²) in [4.78, 5) is 0. The molecule has 0 saturated carbocycles. The summed E-state index contributed by atoms with van der Waals surface area (Å²) in [6, 6.07) is 0. The molecule has 1 aromatic rings. The van der Waals surface area contributed by atoms with Crippen molar-refractivity contribution in [2.75, 3.05) is 0 Å². The van der Waals surface area contributed by atoms with Crippen molar-refractivity contribution in [3.05, 3.63) is 0 Å². The number of nitrogens with zero attached hydrogens (tertiary/aromatic N) is 2. The Labute approximate surface area is 84.3 Å². The first-order valence-electron chi connectivity index (χ1n) is 1.51. The first-order chi connectivity index (χ1) is 3.30. The van der Waals surface area contributed by atoms with Crippen LogP contribution in [0.15, 0.2) is 9.24 Å². The zero-order chi connectivity index (χ0) is 5.28. The van der Waals surface area contributed by atoms with Crippen molar-refractivity contribution in [2.24, 2.45) is 0 Å². The summed E-state index contributed by atoms with van der Waals surface area (Å²) in [5.41, 5.74) is 0. The molecule has 0 aromatic carbocycles. The average Bonchev–Trinajstić information content (AvgIpc) is 1.91. The molecule has 0 unspecified atom stereocenters. The Morgan fingerprint density at radius 3 is 2.12 bits per heavy atom. The quantitative estimate of drug-likeness (QED) is 0.441. The molecule has 0 atom stereocenters. The van der Waals surface area contributed by atoms with Gasteiger partial charge in [0.05, 0.1) is 0 Å². The number of rotatable bonds is 0. The van der Waals surface area contributed by atoms with Crippen LogP contribution in [-0.4, -0.2) is 39.1 Å². The SMILES string of the molecule is Sc1nnsc1S.[NaH]. The monoisotopic (exact) mass is 174 g/mol. The third-order valence-corrected chi connectivity index (χ3v) is 2.08. The van der Waals surface area contributed by atoms with Gasteiger partial charge in [-0.3, -0.25) is 0 Å². The fourth-order valence-corrected chi connectivity index (χ4v) is 0.886. The number of hydrogen-bond acceptors (Lipinski definition) is 5. The van der Waals surface area contributed by atoms with Gasteiger partial charge in [0.1, 0.15) is 9.24 Å². The average molecular weight is 174 g/mol. The van der Waals surface area contributed by atoms with E-state index in [2.05, 4.69) is 34.8 Å². The van der Waals surface area contributed by atoms with E-state index in [9.17, 15) is 0 Å². The van der Waals surface area contributed by atoms with E-state index in [1.807, 2.05) is 0 Å². The van der Waals surface area contributed by atoms with Crippen molar-refractivity contribution < 1.29 is 0 Å². The Balaban J connectivity index is 0.000000490. The van der Waals surface area contributed by atoms with Gasteiger partial charge in [-0.1, -0.05) is 4.49 Å². The van der Waals surface area contributed by atoms with Crippen LogP contribution in [0.3, 0.4) is 0 Å². The van der Waals surface area contributed by atoms with Crippen molar-refractivity contribution in [2.45, 2.75) is 9.24 Å². The van der Waals surface area contributed by atoms with Crippen LogP contribution in [0.1, 0.15) is 0 Å². The Morgan fingerprint density at radius 1 is 1.38 bits per heavy atom. The summed E-state index contributed by atoms with van der Waals surface area (Å²) in [6.45, 7) is 0. The Kier molecular flexibility index (Phi) is 4.79. The summed E-state index contributed by atoms with van der Waals surface area (Å²) < 4.78 is 4.33. The zero-order valence-corrected chi connectivity index (χ0v) is 5.80. The van der Waals surface area contributed by atoms with Gasteiger partial charge in [-0.15, -0.1) is 30.4 Å². The summed E-state index contributed by atoms with van der Waals surface area (Å²) in [7, 11) is 0. The van der Waals surface area contributed by atoms with E-state index >= 15 is 0 Å². The van der Waals surface area contributed by atoms with Crippen LogP contribution in [0.25, 0.3) is 0 Å². The van der Waals surface area contributed by atoms with Crippen LogP contribution in [0.4, 0.5) is 0 Å². The van der Waals surface area contributed by atoms with Crippen LogP contribution < -0.4 is 0 Å². The molecule has 0 spiro atoms. The van der Waals surface area contributed by atoms with E-state index in [0.717, 1.165) is 4.21 Å². The second-order valence-electron chi connectivity index (χ2n) is 0.902. The fraction of sp³-hybridized carbons (Fsp3) is 0. The second kappa shape index (κ2) is 4.14. The maximum absolute atomic E-state index is 3.97. The molecule has 0 amide bonds. The van der Waals surface area contributed by atoms with Gasteiger partial charge in [-0.05, 0) is 11.5 Å². The molecule has 40 valence electrons. The molecule has 8 heavy (non-hydrogen) atoms. The summed E-state index contributed by atoms with van der Waals surface area (Å²) in [5, 5.41) is 4.18. The maximum atomic E-state index is 3.97. The van der Waals surface area contributed by atoms with Crippen LogP contribution in [0, 0.1) is 0 Å². The molecule has 0 N–H and O–H groups in total. The van der Waals surface area contributed by atoms with Gasteiger partial charge >= 0.3 is 29.6 Å². The Morgan fingerprint density at radius 2 is 2.00 bits per heavy atom. The van der Waals surface area contributed by atoms with Crippen molar-refractivity contribution in [3.63, 3.8) is 0 Å². The van der Waals surface area contributed by atoms with E-state index in [-0.39, 0.29) is 29.6 Å². The third kappa shape index (κ3) is 2.24. The molecule has 0 aliphatic heterocycles. The van der Waals surface area contributed by atoms with E-state index in [1.165, 1.54) is 11.5 Å². The molecule has 1 rings (SSSR count). The summed E-state index contributed by atoms with van der Waals surface area (Å²) in [5.74, 6) is 0. The standard InChI is InChI=1S/C2H2N2S3.Na.H/c5-1-2(6)7-4-3-1;;/h5-6H;;. The molecule has 2 nitrogen and oxygen atoms in total. The van der Waals surface area contributed by atoms with Crippen molar-refractivity contribution in [1.29, 1.82) is 0 Å². The van der Waals surface area contributed by atoms with Crippen LogP contribution >= 0.6 is 36.8 Å². The molecule has 0 fully saturated rings. The van der Waals surface area contributed by atoms with Crippen LogP contribution in [0.2, 0.25) is 0 Å². The Hall–Kier alpha value is 1.26. The van der Waals surface area contributed by atoms with E-state index in [1.54, 1.807) is 0 Å². The Bertz CT molecular complexity index is 148. The van der Waals surface area contributed by atoms with Crippen LogP contribution in [0.5, 0.6) is 0 Å². The summed E-state index contributed by atoms with van der Waals surface area (Å²) >= 11 is 9.11. The molecule has 1 heterocycles. The minimum atomic E-state index is 0. The van der Waals surface area contributed by atoms with E-state index in [0.29, 0.717) is 5.03 Å². The third-order valence-electron chi connectivity index (χ3n) is 0.454. The molecule has 0 saturated heterocycles. The van der Waals surface area contributed by atoms with E-state index < -0.39 is 0 Å². The van der Waals surface area contributed by atoms with Crippen molar-refractivity contribution >= 4 is 66.3 Å². The van der Waals surface area contributed by atoms with E-state index in [4.69, 9.17) is 0 Å². The first kappa shape index (κ1) is 9.26. The molecule has 0 aliphatic carbocycles. The second-order valence-corrected chi connectivity index (χ2v) is 2.83. The molecule has 0 aliphatic rings. The zero-order valence-electron chi connectivity index (χ0n) is 3.20. The van der Waals surface area contributed by atoms with Gasteiger partial charge in [-0.25, -0.2) is 0 Å². The van der Waals surface area contributed by atoms with Gasteiger partial charge in [-0.2, -0.15) is 0 Å². The van der Waals surface area contributed by atoms with Crippen molar-refractivity contribution in [1.82, 2.24) is 9.59 Å². The van der Waals surface area contributed by atoms with Gasteiger partial charge in [0.15, 0.2) is 0 Å². The topological polar surface area (TPSA) is 25.8 Å². The van der Waals surface area contributed by atoms with Gasteiger partial charge in [0.25, 0.3) is 0 Å². The van der Waals surface area contributed by atoms with Gasteiger partial charge < -0.3 is 0 Å². The molecule has 0 radical (unpaired) electrons. The molecule has 0 bridgehead atoms.